The molecule has 0 saturated carbocycles. The molecule has 1 heterocycles. The van der Waals surface area contributed by atoms with E-state index < -0.39 is 0 Å². The lowest BCUT2D eigenvalue weighted by Crippen LogP contribution is -2.28. The molecule has 1 saturated heterocycles. The van der Waals surface area contributed by atoms with Crippen molar-refractivity contribution in [1.29, 1.82) is 0 Å². The first kappa shape index (κ1) is 19.2. The van der Waals surface area contributed by atoms with Crippen LogP contribution in [0.5, 0.6) is 0 Å². The van der Waals surface area contributed by atoms with Crippen LogP contribution >= 0.6 is 22.6 Å². The summed E-state index contributed by atoms with van der Waals surface area (Å²) in [7, 11) is 1.45. The van der Waals surface area contributed by atoms with Gasteiger partial charge in [-0.2, -0.15) is 0 Å². The number of rotatable bonds is 9. The molecule has 0 aliphatic carbocycles. The second-order valence-electron chi connectivity index (χ2n) is 6.08. The average Bonchev–Trinajstić information content (AvgIpc) is 2.64. The van der Waals surface area contributed by atoms with Gasteiger partial charge in [0.15, 0.2) is 0 Å². The number of halogens is 1. The minimum absolute atomic E-state index is 0.0577. The lowest BCUT2D eigenvalue weighted by molar-refractivity contribution is -0.144. The first-order chi connectivity index (χ1) is 10.2. The maximum atomic E-state index is 11.4. The van der Waals surface area contributed by atoms with Gasteiger partial charge >= 0.3 is 5.97 Å². The third-order valence-corrected chi connectivity index (χ3v) is 5.67. The number of ether oxygens (including phenoxy) is 2. The number of hydrogen-bond donors (Lipinski definition) is 0. The van der Waals surface area contributed by atoms with E-state index >= 15 is 0 Å². The highest BCUT2D eigenvalue weighted by molar-refractivity contribution is 14.1. The molecule has 0 aromatic rings. The predicted octanol–water partition coefficient (Wildman–Crippen LogP) is 5.04. The molecule has 1 aliphatic rings. The van der Waals surface area contributed by atoms with Crippen molar-refractivity contribution in [1.82, 2.24) is 0 Å². The Morgan fingerprint density at radius 2 is 1.90 bits per heavy atom. The number of unbranched alkanes of at least 4 members (excludes halogenated alkanes) is 5. The Bertz CT molecular complexity index is 283. The molecule has 0 aromatic carbocycles. The maximum absolute atomic E-state index is 11.4. The summed E-state index contributed by atoms with van der Waals surface area (Å²) in [6, 6.07) is 0. The minimum Gasteiger partial charge on any atom is -0.469 e. The number of carbonyl (C=O) groups is 1. The van der Waals surface area contributed by atoms with Crippen LogP contribution in [0.1, 0.15) is 77.6 Å². The highest BCUT2D eigenvalue weighted by Gasteiger charge is 2.28. The molecule has 3 atom stereocenters. The van der Waals surface area contributed by atoms with E-state index in [1.54, 1.807) is 0 Å². The Morgan fingerprint density at radius 3 is 2.62 bits per heavy atom. The van der Waals surface area contributed by atoms with Crippen molar-refractivity contribution in [2.24, 2.45) is 0 Å². The molecule has 1 rings (SSSR count). The zero-order valence-corrected chi connectivity index (χ0v) is 15.8. The maximum Gasteiger partial charge on any atom is 0.308 e. The van der Waals surface area contributed by atoms with E-state index in [2.05, 4.69) is 29.5 Å². The molecule has 1 aliphatic heterocycles. The molecule has 0 radical (unpaired) electrons. The van der Waals surface area contributed by atoms with Crippen molar-refractivity contribution in [3.05, 3.63) is 0 Å². The Balaban J connectivity index is 2.29. The molecule has 0 spiro atoms. The molecule has 21 heavy (non-hydrogen) atoms. The lowest BCUT2D eigenvalue weighted by atomic mass is 10.0. The predicted molar refractivity (Wildman–Crippen MR) is 94.9 cm³/mol. The summed E-state index contributed by atoms with van der Waals surface area (Å²) < 4.78 is 11.6. The standard InChI is InChI=1S/C17H31IO3/c1-3-4-5-6-7-8-12-16-15(18)11-9-10-14(21-16)13-17(19)20-2/h14-16H,3-13H2,1-2H3/t14-,15?,16-/m1/s1. The average molecular weight is 410 g/mol. The van der Waals surface area contributed by atoms with Crippen LogP contribution in [-0.2, 0) is 14.3 Å². The van der Waals surface area contributed by atoms with Gasteiger partial charge in [-0.05, 0) is 25.7 Å². The lowest BCUT2D eigenvalue weighted by Gasteiger charge is -2.24. The molecule has 3 nitrogen and oxygen atoms in total. The summed E-state index contributed by atoms with van der Waals surface area (Å²) in [5.74, 6) is -0.148. The Labute approximate surface area is 143 Å². The van der Waals surface area contributed by atoms with E-state index in [1.165, 1.54) is 52.1 Å². The number of methoxy groups -OCH3 is 1. The van der Waals surface area contributed by atoms with Crippen LogP contribution in [0.4, 0.5) is 0 Å². The van der Waals surface area contributed by atoms with Crippen LogP contribution in [0.2, 0.25) is 0 Å². The molecule has 0 bridgehead atoms. The van der Waals surface area contributed by atoms with E-state index in [9.17, 15) is 4.79 Å². The van der Waals surface area contributed by atoms with Crippen molar-refractivity contribution >= 4 is 28.6 Å². The Kier molecular flexibility index (Phi) is 10.7. The SMILES string of the molecule is CCCCCCCC[C@H]1O[C@@H](CC(=O)OC)CCCC1I. The zero-order valence-electron chi connectivity index (χ0n) is 13.6. The van der Waals surface area contributed by atoms with Gasteiger partial charge in [0.25, 0.3) is 0 Å². The van der Waals surface area contributed by atoms with Crippen LogP contribution in [0.3, 0.4) is 0 Å². The number of hydrogen-bond acceptors (Lipinski definition) is 3. The highest BCUT2D eigenvalue weighted by Crippen LogP contribution is 2.29. The number of carbonyl (C=O) groups excluding carboxylic acids is 1. The van der Waals surface area contributed by atoms with Gasteiger partial charge in [0.1, 0.15) is 0 Å². The van der Waals surface area contributed by atoms with Gasteiger partial charge in [-0.3, -0.25) is 4.79 Å². The molecule has 0 N–H and O–H groups in total. The molecular weight excluding hydrogens is 379 g/mol. The van der Waals surface area contributed by atoms with E-state index in [4.69, 9.17) is 9.47 Å². The van der Waals surface area contributed by atoms with Crippen LogP contribution < -0.4 is 0 Å². The summed E-state index contributed by atoms with van der Waals surface area (Å²) >= 11 is 2.53. The summed E-state index contributed by atoms with van der Waals surface area (Å²) in [4.78, 5) is 11.4. The van der Waals surface area contributed by atoms with Crippen LogP contribution in [0.25, 0.3) is 0 Å². The number of esters is 1. The third kappa shape index (κ3) is 8.38. The Morgan fingerprint density at radius 1 is 1.19 bits per heavy atom. The fraction of sp³-hybridized carbons (Fsp3) is 0.941. The smallest absolute Gasteiger partial charge is 0.308 e. The van der Waals surface area contributed by atoms with Crippen LogP contribution in [0, 0.1) is 0 Å². The molecule has 4 heteroatoms. The van der Waals surface area contributed by atoms with Crippen molar-refractivity contribution < 1.29 is 14.3 Å². The fourth-order valence-corrected chi connectivity index (χ4v) is 3.89. The van der Waals surface area contributed by atoms with Crippen molar-refractivity contribution in [3.8, 4) is 0 Å². The Hall–Kier alpha value is 0.160. The number of alkyl halides is 1. The van der Waals surface area contributed by atoms with Crippen molar-refractivity contribution in [2.75, 3.05) is 7.11 Å². The zero-order chi connectivity index (χ0) is 15.5. The van der Waals surface area contributed by atoms with E-state index in [1.807, 2.05) is 0 Å². The van der Waals surface area contributed by atoms with Gasteiger partial charge in [0.05, 0.1) is 25.7 Å². The van der Waals surface area contributed by atoms with E-state index in [0.717, 1.165) is 19.3 Å². The third-order valence-electron chi connectivity index (χ3n) is 4.24. The monoisotopic (exact) mass is 410 g/mol. The van der Waals surface area contributed by atoms with Gasteiger partial charge in [0.2, 0.25) is 0 Å². The van der Waals surface area contributed by atoms with Crippen molar-refractivity contribution in [2.45, 2.75) is 93.7 Å². The molecule has 124 valence electrons. The summed E-state index contributed by atoms with van der Waals surface area (Å²) in [6.45, 7) is 2.25. The molecular formula is C17H31IO3. The quantitative estimate of drug-likeness (QED) is 0.231. The first-order valence-electron chi connectivity index (χ1n) is 8.53. The topological polar surface area (TPSA) is 35.5 Å². The van der Waals surface area contributed by atoms with Gasteiger partial charge < -0.3 is 9.47 Å². The second-order valence-corrected chi connectivity index (χ2v) is 7.68. The fourth-order valence-electron chi connectivity index (χ4n) is 2.92. The molecule has 1 unspecified atom stereocenters. The highest BCUT2D eigenvalue weighted by atomic mass is 127. The summed E-state index contributed by atoms with van der Waals surface area (Å²) in [5.41, 5.74) is 0. The first-order valence-corrected chi connectivity index (χ1v) is 9.78. The molecule has 1 fully saturated rings. The van der Waals surface area contributed by atoms with E-state index in [-0.39, 0.29) is 12.1 Å². The van der Waals surface area contributed by atoms with Gasteiger partial charge in [-0.1, -0.05) is 68.0 Å². The molecule has 0 amide bonds. The van der Waals surface area contributed by atoms with Gasteiger partial charge in [0, 0.05) is 3.92 Å². The van der Waals surface area contributed by atoms with Crippen LogP contribution in [-0.4, -0.2) is 29.2 Å². The normalized spacial score (nSPS) is 26.3. The molecule has 0 aromatic heterocycles. The van der Waals surface area contributed by atoms with Crippen molar-refractivity contribution in [3.63, 3.8) is 0 Å². The van der Waals surface area contributed by atoms with Gasteiger partial charge in [-0.15, -0.1) is 0 Å². The van der Waals surface area contributed by atoms with Crippen LogP contribution in [0.15, 0.2) is 0 Å². The summed E-state index contributed by atoms with van der Waals surface area (Å²) in [6.07, 6.45) is 13.2. The summed E-state index contributed by atoms with van der Waals surface area (Å²) in [5, 5.41) is 0. The van der Waals surface area contributed by atoms with Gasteiger partial charge in [-0.25, -0.2) is 0 Å². The largest absolute Gasteiger partial charge is 0.469 e. The second kappa shape index (κ2) is 11.7. The minimum atomic E-state index is -0.148. The van der Waals surface area contributed by atoms with E-state index in [0.29, 0.717) is 16.4 Å².